The number of hydrogen-bond donors (Lipinski definition) is 2. The van der Waals surface area contributed by atoms with Gasteiger partial charge in [-0.2, -0.15) is 0 Å². The molecular weight excluding hydrogens is 488 g/mol. The van der Waals surface area contributed by atoms with E-state index in [1.807, 2.05) is 0 Å². The summed E-state index contributed by atoms with van der Waals surface area (Å²) in [5.41, 5.74) is 0.815. The highest BCUT2D eigenvalue weighted by Crippen LogP contribution is 2.34. The summed E-state index contributed by atoms with van der Waals surface area (Å²) in [6, 6.07) is 7.31. The van der Waals surface area contributed by atoms with Crippen molar-refractivity contribution in [2.45, 2.75) is 50.0 Å². The van der Waals surface area contributed by atoms with Crippen LogP contribution in [0.1, 0.15) is 48.0 Å². The Morgan fingerprint density at radius 1 is 0.944 bits per heavy atom. The van der Waals surface area contributed by atoms with E-state index in [0.29, 0.717) is 22.8 Å². The van der Waals surface area contributed by atoms with Crippen molar-refractivity contribution in [3.8, 4) is 17.2 Å². The fraction of sp³-hybridized carbons (Fsp3) is 0.440. The van der Waals surface area contributed by atoms with Gasteiger partial charge < -0.3 is 24.3 Å². The highest BCUT2D eigenvalue weighted by atomic mass is 32.2. The van der Waals surface area contributed by atoms with Gasteiger partial charge in [-0.3, -0.25) is 4.79 Å². The van der Waals surface area contributed by atoms with Gasteiger partial charge in [-0.15, -0.1) is 0 Å². The summed E-state index contributed by atoms with van der Waals surface area (Å²) in [6.07, 6.45) is 4.85. The zero-order chi connectivity index (χ0) is 26.3. The molecule has 0 spiro atoms. The number of carbonyl (C=O) groups excluding carboxylic acids is 2. The summed E-state index contributed by atoms with van der Waals surface area (Å²) in [6.45, 7) is 1.33. The molecule has 1 fully saturated rings. The van der Waals surface area contributed by atoms with Gasteiger partial charge >= 0.3 is 5.97 Å². The van der Waals surface area contributed by atoms with E-state index in [9.17, 15) is 18.0 Å². The molecule has 2 aromatic carbocycles. The third kappa shape index (κ3) is 6.67. The summed E-state index contributed by atoms with van der Waals surface area (Å²) in [5.74, 6) is -0.224. The number of carbonyl (C=O) groups is 2. The molecule has 0 heterocycles. The van der Waals surface area contributed by atoms with Crippen molar-refractivity contribution in [2.75, 3.05) is 33.3 Å². The summed E-state index contributed by atoms with van der Waals surface area (Å²) in [5, 5.41) is 2.62. The molecule has 0 aliphatic heterocycles. The van der Waals surface area contributed by atoms with Crippen molar-refractivity contribution in [3.05, 3.63) is 41.5 Å². The molecule has 2 N–H and O–H groups in total. The average Bonchev–Trinajstić information content (AvgIpc) is 2.87. The number of esters is 1. The van der Waals surface area contributed by atoms with Crippen molar-refractivity contribution in [2.24, 2.45) is 0 Å². The van der Waals surface area contributed by atoms with E-state index in [4.69, 9.17) is 18.9 Å². The number of anilines is 1. The van der Waals surface area contributed by atoms with Gasteiger partial charge in [0.05, 0.1) is 37.5 Å². The lowest BCUT2D eigenvalue weighted by molar-refractivity contribution is -0.118. The highest BCUT2D eigenvalue weighted by Gasteiger charge is 2.23. The second-order valence-electron chi connectivity index (χ2n) is 8.46. The molecule has 196 valence electrons. The number of amides is 1. The van der Waals surface area contributed by atoms with E-state index in [1.165, 1.54) is 51.7 Å². The maximum Gasteiger partial charge on any atom is 0.340 e. The molecule has 1 saturated carbocycles. The van der Waals surface area contributed by atoms with Crippen LogP contribution in [-0.4, -0.2) is 54.3 Å². The Morgan fingerprint density at radius 2 is 1.61 bits per heavy atom. The molecule has 0 unspecified atom stereocenters. The van der Waals surface area contributed by atoms with Gasteiger partial charge in [-0.1, -0.05) is 19.3 Å². The molecule has 11 heteroatoms. The molecule has 0 aromatic heterocycles. The zero-order valence-corrected chi connectivity index (χ0v) is 21.7. The van der Waals surface area contributed by atoms with Gasteiger partial charge in [0.1, 0.15) is 5.75 Å². The molecule has 0 saturated heterocycles. The van der Waals surface area contributed by atoms with Crippen molar-refractivity contribution in [1.82, 2.24) is 4.72 Å². The van der Waals surface area contributed by atoms with Crippen LogP contribution < -0.4 is 24.2 Å². The Morgan fingerprint density at radius 3 is 2.22 bits per heavy atom. The van der Waals surface area contributed by atoms with Crippen molar-refractivity contribution in [1.29, 1.82) is 0 Å². The standard InChI is InChI=1S/C25H32N2O8S/c1-16-12-18(36(30,31)27-17-8-6-5-7-9-17)10-11-21(16)35-15-24(28)26-20-14-23(33-3)22(32-2)13-19(20)25(29)34-4/h10-14,17,27H,5-9,15H2,1-4H3,(H,26,28). The Hall–Kier alpha value is -3.31. The number of sulfonamides is 1. The number of ether oxygens (including phenoxy) is 4. The van der Waals surface area contributed by atoms with Crippen LogP contribution in [-0.2, 0) is 19.6 Å². The van der Waals surface area contributed by atoms with E-state index in [1.54, 1.807) is 6.92 Å². The number of nitrogens with one attached hydrogen (secondary N) is 2. The van der Waals surface area contributed by atoms with E-state index < -0.39 is 21.9 Å². The Kier molecular flexibility index (Phi) is 9.16. The number of hydrogen-bond acceptors (Lipinski definition) is 8. The predicted octanol–water partition coefficient (Wildman–Crippen LogP) is 3.43. The van der Waals surface area contributed by atoms with Gasteiger partial charge in [0.25, 0.3) is 5.91 Å². The first-order valence-corrected chi connectivity index (χ1v) is 13.1. The summed E-state index contributed by atoms with van der Waals surface area (Å²) >= 11 is 0. The second kappa shape index (κ2) is 12.1. The van der Waals surface area contributed by atoms with Gasteiger partial charge in [0.2, 0.25) is 10.0 Å². The molecule has 2 aromatic rings. The molecular formula is C25H32N2O8S. The third-order valence-corrected chi connectivity index (χ3v) is 7.46. The molecule has 0 radical (unpaired) electrons. The van der Waals surface area contributed by atoms with Crippen LogP contribution >= 0.6 is 0 Å². The van der Waals surface area contributed by atoms with Crippen LogP contribution in [0.3, 0.4) is 0 Å². The maximum absolute atomic E-state index is 12.8. The van der Waals surface area contributed by atoms with Crippen LogP contribution in [0, 0.1) is 6.92 Å². The molecule has 36 heavy (non-hydrogen) atoms. The third-order valence-electron chi connectivity index (χ3n) is 5.95. The normalized spacial score (nSPS) is 14.1. The second-order valence-corrected chi connectivity index (χ2v) is 10.2. The lowest BCUT2D eigenvalue weighted by Gasteiger charge is -2.22. The first-order valence-electron chi connectivity index (χ1n) is 11.6. The Balaban J connectivity index is 1.68. The van der Waals surface area contributed by atoms with Crippen LogP contribution in [0.25, 0.3) is 0 Å². The zero-order valence-electron chi connectivity index (χ0n) is 20.9. The molecule has 0 bridgehead atoms. The molecule has 1 amide bonds. The Bertz CT molecular complexity index is 1210. The Labute approximate surface area is 211 Å². The van der Waals surface area contributed by atoms with E-state index >= 15 is 0 Å². The predicted molar refractivity (Wildman–Crippen MR) is 133 cm³/mol. The van der Waals surface area contributed by atoms with Crippen LogP contribution in [0.15, 0.2) is 35.2 Å². The van der Waals surface area contributed by atoms with Crippen molar-refractivity contribution in [3.63, 3.8) is 0 Å². The largest absolute Gasteiger partial charge is 0.493 e. The first-order chi connectivity index (χ1) is 17.2. The van der Waals surface area contributed by atoms with Crippen molar-refractivity contribution < 1.29 is 37.0 Å². The summed E-state index contributed by atoms with van der Waals surface area (Å²) in [7, 11) is 0.436. The van der Waals surface area contributed by atoms with Crippen LogP contribution in [0.5, 0.6) is 17.2 Å². The maximum atomic E-state index is 12.8. The number of benzene rings is 2. The fourth-order valence-electron chi connectivity index (χ4n) is 4.05. The highest BCUT2D eigenvalue weighted by molar-refractivity contribution is 7.89. The molecule has 0 atom stereocenters. The monoisotopic (exact) mass is 520 g/mol. The van der Waals surface area contributed by atoms with Gasteiger partial charge in [0.15, 0.2) is 18.1 Å². The first kappa shape index (κ1) is 27.3. The van der Waals surface area contributed by atoms with Crippen molar-refractivity contribution >= 4 is 27.6 Å². The number of aryl methyl sites for hydroxylation is 1. The topological polar surface area (TPSA) is 129 Å². The van der Waals surface area contributed by atoms with Crippen LogP contribution in [0.2, 0.25) is 0 Å². The fourth-order valence-corrected chi connectivity index (χ4v) is 5.44. The summed E-state index contributed by atoms with van der Waals surface area (Å²) in [4.78, 5) is 24.9. The minimum atomic E-state index is -3.65. The van der Waals surface area contributed by atoms with Crippen LogP contribution in [0.4, 0.5) is 5.69 Å². The average molecular weight is 521 g/mol. The van der Waals surface area contributed by atoms with E-state index in [0.717, 1.165) is 32.1 Å². The molecule has 10 nitrogen and oxygen atoms in total. The minimum absolute atomic E-state index is 0.0462. The lowest BCUT2D eigenvalue weighted by Crippen LogP contribution is -2.36. The van der Waals surface area contributed by atoms with E-state index in [2.05, 4.69) is 10.0 Å². The number of methoxy groups -OCH3 is 3. The summed E-state index contributed by atoms with van der Waals surface area (Å²) < 4.78 is 49.2. The lowest BCUT2D eigenvalue weighted by atomic mass is 9.96. The molecule has 1 aliphatic carbocycles. The smallest absolute Gasteiger partial charge is 0.340 e. The molecule has 1 aliphatic rings. The van der Waals surface area contributed by atoms with Gasteiger partial charge in [-0.05, 0) is 43.5 Å². The molecule has 3 rings (SSSR count). The van der Waals surface area contributed by atoms with Gasteiger partial charge in [0, 0.05) is 18.2 Å². The van der Waals surface area contributed by atoms with Gasteiger partial charge in [-0.25, -0.2) is 17.9 Å². The van der Waals surface area contributed by atoms with E-state index in [-0.39, 0.29) is 28.8 Å². The quantitative estimate of drug-likeness (QED) is 0.456. The number of rotatable bonds is 10. The SMILES string of the molecule is COC(=O)c1cc(OC)c(OC)cc1NC(=O)COc1ccc(S(=O)(=O)NC2CCCCC2)cc1C. The minimum Gasteiger partial charge on any atom is -0.493 e.